The minimum Gasteiger partial charge on any atom is -0.460 e. The first-order chi connectivity index (χ1) is 12.6. The van der Waals surface area contributed by atoms with E-state index in [0.29, 0.717) is 5.56 Å². The Labute approximate surface area is 161 Å². The maximum Gasteiger partial charge on any atom is 0.313 e. The van der Waals surface area contributed by atoms with Gasteiger partial charge in [-0.1, -0.05) is 53.5 Å². The Morgan fingerprint density at radius 3 is 2.58 bits per heavy atom. The number of carbonyl (C=O) groups is 1. The number of nitrogens with two attached hydrogens (primary N) is 1. The summed E-state index contributed by atoms with van der Waals surface area (Å²) in [5, 5.41) is 0.242. The standard InChI is InChI=1S/C17H13Cl2NO5S/c18-11-6-7-13(19)12(8-11)15-14(21)16(17(20)24-15)25-26(22,23)9-10-4-2-1-3-5-10/h1-8,15H,9,20H2/t15-/m0/s1/i15D. The van der Waals surface area contributed by atoms with Gasteiger partial charge in [0, 0.05) is 15.6 Å². The van der Waals surface area contributed by atoms with Crippen LogP contribution in [-0.4, -0.2) is 14.2 Å². The predicted octanol–water partition coefficient (Wildman–Crippen LogP) is 3.31. The fourth-order valence-corrected chi connectivity index (χ4v) is 3.73. The minimum atomic E-state index is -4.22. The van der Waals surface area contributed by atoms with E-state index in [9.17, 15) is 13.2 Å². The molecule has 0 saturated carbocycles. The highest BCUT2D eigenvalue weighted by molar-refractivity contribution is 7.86. The molecule has 1 atom stereocenters. The second-order valence-corrected chi connectivity index (χ2v) is 7.76. The van der Waals surface area contributed by atoms with Crippen molar-refractivity contribution in [1.29, 1.82) is 0 Å². The number of hydrogen-bond donors (Lipinski definition) is 1. The molecule has 0 spiro atoms. The van der Waals surface area contributed by atoms with Crippen LogP contribution < -0.4 is 5.73 Å². The van der Waals surface area contributed by atoms with Gasteiger partial charge in [-0.2, -0.15) is 8.42 Å². The van der Waals surface area contributed by atoms with Crippen molar-refractivity contribution in [2.75, 3.05) is 0 Å². The number of Topliss-reactive ketones (excluding diaryl/α,β-unsaturated/α-hetero) is 1. The third-order valence-corrected chi connectivity index (χ3v) is 5.09. The third-order valence-electron chi connectivity index (χ3n) is 3.42. The quantitative estimate of drug-likeness (QED) is 0.753. The summed E-state index contributed by atoms with van der Waals surface area (Å²) in [4.78, 5) is 12.7. The first kappa shape index (κ1) is 17.2. The molecule has 1 heterocycles. The van der Waals surface area contributed by atoms with Crippen LogP contribution in [0.4, 0.5) is 0 Å². The largest absolute Gasteiger partial charge is 0.460 e. The van der Waals surface area contributed by atoms with Gasteiger partial charge in [-0.05, 0) is 23.8 Å². The second kappa shape index (κ2) is 7.19. The number of benzene rings is 2. The van der Waals surface area contributed by atoms with Crippen molar-refractivity contribution >= 4 is 39.1 Å². The zero-order valence-corrected chi connectivity index (χ0v) is 15.4. The molecular weight excluding hydrogens is 401 g/mol. The van der Waals surface area contributed by atoms with Gasteiger partial charge in [-0.25, -0.2) is 0 Å². The van der Waals surface area contributed by atoms with Gasteiger partial charge in [0.15, 0.2) is 6.08 Å². The fourth-order valence-electron chi connectivity index (χ4n) is 2.28. The number of rotatable bonds is 5. The molecule has 3 rings (SSSR count). The molecule has 136 valence electrons. The van der Waals surface area contributed by atoms with E-state index in [1.54, 1.807) is 30.3 Å². The van der Waals surface area contributed by atoms with Crippen molar-refractivity contribution in [3.05, 3.63) is 81.3 Å². The van der Waals surface area contributed by atoms with Crippen LogP contribution in [0.1, 0.15) is 18.6 Å². The van der Waals surface area contributed by atoms with E-state index >= 15 is 0 Å². The van der Waals surface area contributed by atoms with E-state index in [-0.39, 0.29) is 15.6 Å². The molecule has 0 unspecified atom stereocenters. The number of ether oxygens (including phenoxy) is 1. The Morgan fingerprint density at radius 1 is 1.19 bits per heavy atom. The molecule has 2 aromatic rings. The molecule has 0 saturated heterocycles. The molecule has 1 aliphatic heterocycles. The fraction of sp³-hybridized carbons (Fsp3) is 0.118. The van der Waals surface area contributed by atoms with Gasteiger partial charge in [0.25, 0.3) is 0 Å². The first-order valence-electron chi connectivity index (χ1n) is 7.77. The highest BCUT2D eigenvalue weighted by Gasteiger charge is 2.40. The van der Waals surface area contributed by atoms with Crippen LogP contribution >= 0.6 is 23.2 Å². The molecule has 2 aromatic carbocycles. The van der Waals surface area contributed by atoms with Crippen LogP contribution in [0.2, 0.25) is 10.0 Å². The highest BCUT2D eigenvalue weighted by atomic mass is 35.5. The van der Waals surface area contributed by atoms with E-state index < -0.39 is 39.4 Å². The number of hydrogen-bond acceptors (Lipinski definition) is 6. The third kappa shape index (κ3) is 3.95. The molecular formula is C17H13Cl2NO5S. The lowest BCUT2D eigenvalue weighted by Gasteiger charge is -2.12. The maximum atomic E-state index is 12.7. The maximum absolute atomic E-state index is 12.7. The average molecular weight is 415 g/mol. The van der Waals surface area contributed by atoms with Crippen molar-refractivity contribution in [2.45, 2.75) is 11.8 Å². The number of halogens is 2. The van der Waals surface area contributed by atoms with E-state index in [2.05, 4.69) is 0 Å². The number of ketones is 1. The predicted molar refractivity (Wildman–Crippen MR) is 96.7 cm³/mol. The van der Waals surface area contributed by atoms with Gasteiger partial charge in [0.2, 0.25) is 17.4 Å². The molecule has 0 amide bonds. The molecule has 26 heavy (non-hydrogen) atoms. The van der Waals surface area contributed by atoms with Crippen LogP contribution in [-0.2, 0) is 29.6 Å². The van der Waals surface area contributed by atoms with Crippen LogP contribution in [0.15, 0.2) is 60.2 Å². The van der Waals surface area contributed by atoms with Crippen LogP contribution in [0, 0.1) is 0 Å². The normalized spacial score (nSPS) is 20.7. The summed E-state index contributed by atoms with van der Waals surface area (Å²) in [6.45, 7) is 0. The van der Waals surface area contributed by atoms with Gasteiger partial charge in [0.1, 0.15) is 5.75 Å². The molecule has 0 aliphatic carbocycles. The Hall–Kier alpha value is -2.22. The van der Waals surface area contributed by atoms with E-state index in [1.807, 2.05) is 0 Å². The summed E-state index contributed by atoms with van der Waals surface area (Å²) in [5.41, 5.74) is 6.00. The molecule has 6 nitrogen and oxygen atoms in total. The summed E-state index contributed by atoms with van der Waals surface area (Å²) in [5.74, 6) is -2.97. The first-order valence-corrected chi connectivity index (χ1v) is 9.61. The lowest BCUT2D eigenvalue weighted by atomic mass is 10.1. The van der Waals surface area contributed by atoms with Crippen molar-refractivity contribution in [3.63, 3.8) is 0 Å². The SMILES string of the molecule is [2H][C@@]1(c2cc(Cl)ccc2Cl)OC(N)=C(OS(=O)(=O)Cc2ccccc2)C1=O. The summed E-state index contributed by atoms with van der Waals surface area (Å²) < 4.78 is 42.9. The van der Waals surface area contributed by atoms with Crippen molar-refractivity contribution in [1.82, 2.24) is 0 Å². The minimum absolute atomic E-state index is 0.0314. The van der Waals surface area contributed by atoms with Crippen molar-refractivity contribution in [2.24, 2.45) is 5.73 Å². The van der Waals surface area contributed by atoms with Crippen molar-refractivity contribution < 1.29 is 23.5 Å². The monoisotopic (exact) mass is 414 g/mol. The molecule has 0 bridgehead atoms. The summed E-state index contributed by atoms with van der Waals surface area (Å²) >= 11 is 11.9. The summed E-state index contributed by atoms with van der Waals surface area (Å²) in [6, 6.07) is 12.4. The van der Waals surface area contributed by atoms with Crippen molar-refractivity contribution in [3.8, 4) is 0 Å². The van der Waals surface area contributed by atoms with Gasteiger partial charge in [-0.15, -0.1) is 0 Å². The Kier molecular flexibility index (Phi) is 4.76. The van der Waals surface area contributed by atoms with Crippen LogP contribution in [0.3, 0.4) is 0 Å². The molecule has 0 aromatic heterocycles. The molecule has 9 heteroatoms. The topological polar surface area (TPSA) is 95.7 Å². The molecule has 2 N–H and O–H groups in total. The smallest absolute Gasteiger partial charge is 0.313 e. The lowest BCUT2D eigenvalue weighted by Crippen LogP contribution is -2.16. The molecule has 0 radical (unpaired) electrons. The van der Waals surface area contributed by atoms with E-state index in [1.165, 1.54) is 18.2 Å². The van der Waals surface area contributed by atoms with Gasteiger partial charge >= 0.3 is 10.1 Å². The summed E-state index contributed by atoms with van der Waals surface area (Å²) in [7, 11) is -4.22. The van der Waals surface area contributed by atoms with E-state index in [4.69, 9.17) is 39.2 Å². The van der Waals surface area contributed by atoms with E-state index in [0.717, 1.165) is 0 Å². The van der Waals surface area contributed by atoms with Gasteiger partial charge in [0.05, 0.1) is 1.37 Å². The molecule has 0 fully saturated rings. The van der Waals surface area contributed by atoms with Crippen LogP contribution in [0.5, 0.6) is 0 Å². The molecule has 1 aliphatic rings. The highest BCUT2D eigenvalue weighted by Crippen LogP contribution is 2.37. The van der Waals surface area contributed by atoms with Gasteiger partial charge in [-0.3, -0.25) is 4.79 Å². The Balaban J connectivity index is 1.88. The Morgan fingerprint density at radius 2 is 1.88 bits per heavy atom. The zero-order valence-electron chi connectivity index (χ0n) is 14.1. The summed E-state index contributed by atoms with van der Waals surface area (Å²) in [6.07, 6.45) is -2.40. The van der Waals surface area contributed by atoms with Crippen LogP contribution in [0.25, 0.3) is 0 Å². The average Bonchev–Trinajstić information content (AvgIpc) is 2.81. The Bertz CT molecular complexity index is 1040. The number of carbonyl (C=O) groups excluding carboxylic acids is 1. The van der Waals surface area contributed by atoms with Gasteiger partial charge < -0.3 is 14.7 Å². The lowest BCUT2D eigenvalue weighted by molar-refractivity contribution is -0.123. The second-order valence-electron chi connectivity index (χ2n) is 5.35. The zero-order chi connectivity index (χ0) is 19.8.